The number of carbonyl (C=O) groups excluding carboxylic acids is 1. The van der Waals surface area contributed by atoms with Crippen LogP contribution in [0.15, 0.2) is 36.4 Å². The van der Waals surface area contributed by atoms with Crippen molar-refractivity contribution < 1.29 is 18.0 Å². The third kappa shape index (κ3) is 3.77. The molecule has 0 radical (unpaired) electrons. The van der Waals surface area contributed by atoms with Crippen LogP contribution in [0.4, 0.5) is 13.2 Å². The molecular formula is C27H28F3N5O. The van der Waals surface area contributed by atoms with Gasteiger partial charge in [-0.25, -0.2) is 4.98 Å². The van der Waals surface area contributed by atoms with E-state index in [9.17, 15) is 18.0 Å². The highest BCUT2D eigenvalue weighted by Gasteiger charge is 2.36. The van der Waals surface area contributed by atoms with Gasteiger partial charge in [-0.1, -0.05) is 12.1 Å². The van der Waals surface area contributed by atoms with Crippen LogP contribution in [0.2, 0.25) is 0 Å². The van der Waals surface area contributed by atoms with Crippen LogP contribution in [0.25, 0.3) is 33.5 Å². The number of hydrogen-bond donors (Lipinski definition) is 1. The molecule has 3 heterocycles. The Morgan fingerprint density at radius 2 is 1.97 bits per heavy atom. The topological polar surface area (TPSA) is 69.1 Å². The van der Waals surface area contributed by atoms with Gasteiger partial charge < -0.3 is 19.8 Å². The van der Waals surface area contributed by atoms with E-state index < -0.39 is 11.7 Å². The molecule has 0 saturated heterocycles. The summed E-state index contributed by atoms with van der Waals surface area (Å²) in [7, 11) is 1.88. The number of fused-ring (bicyclic) bond motifs is 3. The van der Waals surface area contributed by atoms with E-state index in [2.05, 4.69) is 0 Å². The van der Waals surface area contributed by atoms with E-state index in [1.54, 1.807) is 15.5 Å². The van der Waals surface area contributed by atoms with Crippen molar-refractivity contribution in [3.63, 3.8) is 0 Å². The first-order chi connectivity index (χ1) is 17.1. The lowest BCUT2D eigenvalue weighted by Crippen LogP contribution is -2.43. The molecule has 2 aromatic heterocycles. The molecule has 1 aliphatic carbocycles. The number of carbonyl (C=O) groups is 1. The van der Waals surface area contributed by atoms with Crippen LogP contribution in [0.5, 0.6) is 0 Å². The number of amides is 1. The monoisotopic (exact) mass is 495 g/mol. The zero-order chi connectivity index (χ0) is 25.4. The summed E-state index contributed by atoms with van der Waals surface area (Å²) >= 11 is 0. The number of para-hydroxylation sites is 1. The summed E-state index contributed by atoms with van der Waals surface area (Å²) in [6, 6.07) is 9.84. The number of nitrogens with zero attached hydrogens (tertiary/aromatic N) is 4. The van der Waals surface area contributed by atoms with Crippen molar-refractivity contribution in [3.05, 3.63) is 53.1 Å². The van der Waals surface area contributed by atoms with Crippen molar-refractivity contribution in [2.24, 2.45) is 18.7 Å². The summed E-state index contributed by atoms with van der Waals surface area (Å²) in [5, 5.41) is 0.550. The van der Waals surface area contributed by atoms with E-state index in [1.165, 1.54) is 6.07 Å². The van der Waals surface area contributed by atoms with Crippen LogP contribution in [0.1, 0.15) is 41.3 Å². The second-order valence-corrected chi connectivity index (χ2v) is 10.3. The van der Waals surface area contributed by atoms with Crippen LogP contribution in [-0.2, 0) is 26.2 Å². The number of benzene rings is 2. The zero-order valence-electron chi connectivity index (χ0n) is 20.3. The molecule has 1 fully saturated rings. The summed E-state index contributed by atoms with van der Waals surface area (Å²) in [5.74, 6) is 0.911. The minimum atomic E-state index is -4.45. The first-order valence-electron chi connectivity index (χ1n) is 12.4. The van der Waals surface area contributed by atoms with Gasteiger partial charge in [-0.15, -0.1) is 0 Å². The van der Waals surface area contributed by atoms with Crippen LogP contribution in [-0.4, -0.2) is 44.1 Å². The SMILES string of the molecule is C[C@@H](N)CN1CCc2cc3c(cc2C1=O)nc(-c1cc2cccc(C(F)(F)F)c2n1CC1CC1)n3C. The molecule has 0 unspecified atom stereocenters. The number of alkyl halides is 3. The van der Waals surface area contributed by atoms with Crippen molar-refractivity contribution in [1.29, 1.82) is 0 Å². The number of aryl methyl sites for hydroxylation is 1. The number of imidazole rings is 1. The minimum Gasteiger partial charge on any atom is -0.337 e. The van der Waals surface area contributed by atoms with Crippen molar-refractivity contribution in [3.8, 4) is 11.5 Å². The Morgan fingerprint density at radius 3 is 2.67 bits per heavy atom. The Bertz CT molecular complexity index is 1510. The van der Waals surface area contributed by atoms with Crippen molar-refractivity contribution >= 4 is 27.8 Å². The molecule has 9 heteroatoms. The predicted octanol–water partition coefficient (Wildman–Crippen LogP) is 4.97. The molecule has 6 rings (SSSR count). The minimum absolute atomic E-state index is 0.0553. The Labute approximate surface area is 206 Å². The quantitative estimate of drug-likeness (QED) is 0.425. The fraction of sp³-hybridized carbons (Fsp3) is 0.407. The van der Waals surface area contributed by atoms with E-state index >= 15 is 0 Å². The van der Waals surface area contributed by atoms with Gasteiger partial charge in [0.15, 0.2) is 5.82 Å². The average molecular weight is 496 g/mol. The molecule has 1 saturated carbocycles. The molecule has 36 heavy (non-hydrogen) atoms. The molecule has 2 aliphatic rings. The number of halogens is 3. The lowest BCUT2D eigenvalue weighted by molar-refractivity contribution is -0.136. The number of nitrogens with two attached hydrogens (primary N) is 1. The molecule has 0 spiro atoms. The van der Waals surface area contributed by atoms with Crippen LogP contribution in [0, 0.1) is 5.92 Å². The van der Waals surface area contributed by atoms with Crippen molar-refractivity contribution in [2.75, 3.05) is 13.1 Å². The van der Waals surface area contributed by atoms with Crippen LogP contribution < -0.4 is 5.73 Å². The standard InChI is InChI=1S/C27H28F3N5O/c1-15(31)13-34-9-8-17-10-22-21(12-19(17)26(34)36)32-25(33(22)2)23-11-18-4-3-5-20(27(28,29)30)24(18)35(23)14-16-6-7-16/h3-5,10-12,15-16H,6-9,13-14,31H2,1-2H3/t15-/m1/s1. The molecule has 6 nitrogen and oxygen atoms in total. The summed E-state index contributed by atoms with van der Waals surface area (Å²) in [5.41, 5.74) is 9.26. The second kappa shape index (κ2) is 8.09. The molecule has 1 amide bonds. The zero-order valence-corrected chi connectivity index (χ0v) is 20.3. The Hall–Kier alpha value is -3.33. The van der Waals surface area contributed by atoms with Crippen molar-refractivity contribution in [2.45, 2.75) is 44.9 Å². The van der Waals surface area contributed by atoms with Gasteiger partial charge in [-0.05, 0) is 61.9 Å². The van der Waals surface area contributed by atoms with Gasteiger partial charge in [0.2, 0.25) is 0 Å². The van der Waals surface area contributed by atoms with E-state index in [4.69, 9.17) is 10.7 Å². The second-order valence-electron chi connectivity index (χ2n) is 10.3. The Kier molecular flexibility index (Phi) is 5.19. The van der Waals surface area contributed by atoms with E-state index in [1.807, 2.05) is 36.7 Å². The average Bonchev–Trinajstić information content (AvgIpc) is 3.49. The van der Waals surface area contributed by atoms with Gasteiger partial charge in [-0.2, -0.15) is 13.2 Å². The molecular weight excluding hydrogens is 467 g/mol. The summed E-state index contributed by atoms with van der Waals surface area (Å²) in [6.45, 7) is 3.50. The van der Waals surface area contributed by atoms with Crippen molar-refractivity contribution in [1.82, 2.24) is 19.0 Å². The van der Waals surface area contributed by atoms with Gasteiger partial charge >= 0.3 is 6.18 Å². The number of aromatic nitrogens is 3. The van der Waals surface area contributed by atoms with Gasteiger partial charge in [-0.3, -0.25) is 4.79 Å². The molecule has 1 aliphatic heterocycles. The predicted molar refractivity (Wildman–Crippen MR) is 133 cm³/mol. The normalized spacial score (nSPS) is 17.3. The summed E-state index contributed by atoms with van der Waals surface area (Å²) in [4.78, 5) is 19.7. The molecule has 0 bridgehead atoms. The lowest BCUT2D eigenvalue weighted by atomic mass is 9.97. The third-order valence-corrected chi connectivity index (χ3v) is 7.38. The largest absolute Gasteiger partial charge is 0.418 e. The first-order valence-corrected chi connectivity index (χ1v) is 12.4. The first kappa shape index (κ1) is 23.1. The Balaban J connectivity index is 1.52. The maximum Gasteiger partial charge on any atom is 0.418 e. The highest BCUT2D eigenvalue weighted by molar-refractivity contribution is 6.00. The van der Waals surface area contributed by atoms with Crippen LogP contribution >= 0.6 is 0 Å². The fourth-order valence-corrected chi connectivity index (χ4v) is 5.45. The van der Waals surface area contributed by atoms with Gasteiger partial charge in [0, 0.05) is 43.7 Å². The maximum atomic E-state index is 14.0. The molecule has 2 N–H and O–H groups in total. The van der Waals surface area contributed by atoms with Gasteiger partial charge in [0.25, 0.3) is 5.91 Å². The van der Waals surface area contributed by atoms with E-state index in [-0.39, 0.29) is 17.5 Å². The Morgan fingerprint density at radius 1 is 1.19 bits per heavy atom. The van der Waals surface area contributed by atoms with Crippen LogP contribution in [0.3, 0.4) is 0 Å². The lowest BCUT2D eigenvalue weighted by Gasteiger charge is -2.29. The molecule has 1 atom stereocenters. The fourth-order valence-electron chi connectivity index (χ4n) is 5.45. The highest BCUT2D eigenvalue weighted by Crippen LogP contribution is 2.41. The van der Waals surface area contributed by atoms with Gasteiger partial charge in [0.05, 0.1) is 27.8 Å². The number of rotatable bonds is 5. The summed E-state index contributed by atoms with van der Waals surface area (Å²) < 4.78 is 45.6. The van der Waals surface area contributed by atoms with Gasteiger partial charge in [0.1, 0.15) is 0 Å². The summed E-state index contributed by atoms with van der Waals surface area (Å²) in [6.07, 6.45) is -1.69. The van der Waals surface area contributed by atoms with E-state index in [0.29, 0.717) is 53.5 Å². The number of hydrogen-bond acceptors (Lipinski definition) is 3. The maximum absolute atomic E-state index is 14.0. The smallest absolute Gasteiger partial charge is 0.337 e. The molecule has 2 aromatic carbocycles. The highest BCUT2D eigenvalue weighted by atomic mass is 19.4. The van der Waals surface area contributed by atoms with E-state index in [0.717, 1.165) is 36.4 Å². The third-order valence-electron chi connectivity index (χ3n) is 7.38. The molecule has 4 aromatic rings. The molecule has 188 valence electrons.